The third-order valence-corrected chi connectivity index (χ3v) is 4.01. The largest absolute Gasteiger partial charge is 0.508 e. The summed E-state index contributed by atoms with van der Waals surface area (Å²) in [5, 5.41) is 20.6. The molecule has 24 heavy (non-hydrogen) atoms. The highest BCUT2D eigenvalue weighted by molar-refractivity contribution is 5.80. The Morgan fingerprint density at radius 3 is 2.92 bits per heavy atom. The van der Waals surface area contributed by atoms with Crippen molar-refractivity contribution in [3.63, 3.8) is 0 Å². The number of aliphatic imine (C=N–C) groups is 1. The number of phenols is 1. The molecule has 1 atom stereocenters. The molecule has 128 valence electrons. The normalized spacial score (nSPS) is 17.4. The van der Waals surface area contributed by atoms with Gasteiger partial charge in [-0.05, 0) is 38.0 Å². The lowest BCUT2D eigenvalue weighted by molar-refractivity contribution is 0.392. The number of guanidine groups is 1. The maximum absolute atomic E-state index is 9.34. The van der Waals surface area contributed by atoms with Crippen LogP contribution in [0.25, 0.3) is 0 Å². The van der Waals surface area contributed by atoms with E-state index in [4.69, 9.17) is 0 Å². The molecule has 0 bridgehead atoms. The zero-order valence-electron chi connectivity index (χ0n) is 14.2. The highest BCUT2D eigenvalue weighted by atomic mass is 16.3. The van der Waals surface area contributed by atoms with E-state index in [1.807, 2.05) is 23.7 Å². The summed E-state index contributed by atoms with van der Waals surface area (Å²) >= 11 is 0. The summed E-state index contributed by atoms with van der Waals surface area (Å²) in [7, 11) is 0. The van der Waals surface area contributed by atoms with Crippen LogP contribution in [0.5, 0.6) is 5.75 Å². The van der Waals surface area contributed by atoms with E-state index in [9.17, 15) is 5.11 Å². The van der Waals surface area contributed by atoms with Crippen molar-refractivity contribution in [3.05, 3.63) is 41.5 Å². The molecule has 7 heteroatoms. The van der Waals surface area contributed by atoms with Crippen LogP contribution in [0, 0.1) is 6.92 Å². The first-order chi connectivity index (χ1) is 11.6. The number of rotatable bonds is 4. The van der Waals surface area contributed by atoms with E-state index < -0.39 is 0 Å². The average molecular weight is 328 g/mol. The Balaban J connectivity index is 1.63. The maximum atomic E-state index is 9.34. The van der Waals surface area contributed by atoms with Crippen molar-refractivity contribution in [1.29, 1.82) is 0 Å². The smallest absolute Gasteiger partial charge is 0.191 e. The average Bonchev–Trinajstić information content (AvgIpc) is 2.93. The zero-order valence-corrected chi connectivity index (χ0v) is 14.2. The third-order valence-electron chi connectivity index (χ3n) is 4.01. The van der Waals surface area contributed by atoms with E-state index in [1.165, 1.54) is 0 Å². The van der Waals surface area contributed by atoms with Gasteiger partial charge in [0, 0.05) is 19.0 Å². The van der Waals surface area contributed by atoms with Gasteiger partial charge in [0.05, 0.1) is 13.1 Å². The fraction of sp³-hybridized carbons (Fsp3) is 0.471. The minimum Gasteiger partial charge on any atom is -0.508 e. The number of aryl methyl sites for hydroxylation is 2. The summed E-state index contributed by atoms with van der Waals surface area (Å²) in [5.41, 5.74) is 1.06. The van der Waals surface area contributed by atoms with Crippen molar-refractivity contribution in [3.8, 4) is 5.75 Å². The lowest BCUT2D eigenvalue weighted by Crippen LogP contribution is -2.47. The Labute approximate surface area is 141 Å². The van der Waals surface area contributed by atoms with Crippen LogP contribution in [0.4, 0.5) is 0 Å². The van der Waals surface area contributed by atoms with Gasteiger partial charge in [0.15, 0.2) is 5.96 Å². The van der Waals surface area contributed by atoms with Crippen LogP contribution in [0.15, 0.2) is 29.3 Å². The first kappa shape index (κ1) is 16.3. The predicted octanol–water partition coefficient (Wildman–Crippen LogP) is 1.36. The van der Waals surface area contributed by atoms with Crippen molar-refractivity contribution in [2.75, 3.05) is 6.54 Å². The summed E-state index contributed by atoms with van der Waals surface area (Å²) in [5.74, 6) is 2.97. The number of nitrogens with one attached hydrogen (secondary N) is 2. The van der Waals surface area contributed by atoms with Gasteiger partial charge in [0.25, 0.3) is 0 Å². The topological polar surface area (TPSA) is 87.4 Å². The highest BCUT2D eigenvalue weighted by Crippen LogP contribution is 2.13. The van der Waals surface area contributed by atoms with Gasteiger partial charge in [0.2, 0.25) is 0 Å². The van der Waals surface area contributed by atoms with E-state index in [1.54, 1.807) is 12.1 Å². The second-order valence-electron chi connectivity index (χ2n) is 6.00. The molecule has 0 amide bonds. The minimum atomic E-state index is 0.272. The lowest BCUT2D eigenvalue weighted by Gasteiger charge is -2.25. The molecule has 0 fully saturated rings. The van der Waals surface area contributed by atoms with E-state index >= 15 is 0 Å². The molecule has 3 N–H and O–H groups in total. The fourth-order valence-corrected chi connectivity index (χ4v) is 2.84. The number of phenolic OH excluding ortho intramolecular Hbond substituents is 1. The standard InChI is InChI=1S/C17H24N6O/c1-3-18-17(19-10-13-4-7-15(24)8-5-13)21-14-6-9-16-20-12(2)22-23(16)11-14/h4-5,7-8,14,24H,3,6,9-11H2,1-2H3,(H2,18,19,21). The van der Waals surface area contributed by atoms with Crippen molar-refractivity contribution < 1.29 is 5.11 Å². The number of aromatic hydroxyl groups is 1. The second-order valence-corrected chi connectivity index (χ2v) is 6.00. The summed E-state index contributed by atoms with van der Waals surface area (Å²) in [4.78, 5) is 9.08. The quantitative estimate of drug-likeness (QED) is 0.583. The number of hydrogen-bond donors (Lipinski definition) is 3. The molecule has 2 heterocycles. The summed E-state index contributed by atoms with van der Waals surface area (Å²) in [6.07, 6.45) is 1.94. The molecule has 0 saturated heterocycles. The summed E-state index contributed by atoms with van der Waals surface area (Å²) in [6, 6.07) is 7.42. The molecule has 2 aromatic rings. The molecule has 1 aliphatic heterocycles. The van der Waals surface area contributed by atoms with Gasteiger partial charge < -0.3 is 15.7 Å². The van der Waals surface area contributed by atoms with Gasteiger partial charge in [-0.2, -0.15) is 5.10 Å². The second kappa shape index (κ2) is 7.33. The number of fused-ring (bicyclic) bond motifs is 1. The lowest BCUT2D eigenvalue weighted by atomic mass is 10.1. The maximum Gasteiger partial charge on any atom is 0.191 e. The minimum absolute atomic E-state index is 0.272. The highest BCUT2D eigenvalue weighted by Gasteiger charge is 2.21. The van der Waals surface area contributed by atoms with Crippen LogP contribution in [0.2, 0.25) is 0 Å². The first-order valence-electron chi connectivity index (χ1n) is 8.37. The van der Waals surface area contributed by atoms with E-state index in [0.717, 1.165) is 49.1 Å². The molecule has 1 unspecified atom stereocenters. The van der Waals surface area contributed by atoms with Crippen LogP contribution >= 0.6 is 0 Å². The van der Waals surface area contributed by atoms with Crippen LogP contribution < -0.4 is 10.6 Å². The summed E-state index contributed by atoms with van der Waals surface area (Å²) in [6.45, 7) is 6.16. The van der Waals surface area contributed by atoms with Gasteiger partial charge in [-0.1, -0.05) is 12.1 Å². The van der Waals surface area contributed by atoms with Gasteiger partial charge in [-0.15, -0.1) is 0 Å². The molecule has 7 nitrogen and oxygen atoms in total. The number of benzene rings is 1. The van der Waals surface area contributed by atoms with Crippen LogP contribution in [-0.2, 0) is 19.5 Å². The van der Waals surface area contributed by atoms with Gasteiger partial charge in [0.1, 0.15) is 17.4 Å². The molecule has 0 aliphatic carbocycles. The molecule has 3 rings (SSSR count). The van der Waals surface area contributed by atoms with Crippen LogP contribution in [0.1, 0.15) is 30.6 Å². The monoisotopic (exact) mass is 328 g/mol. The van der Waals surface area contributed by atoms with Crippen molar-refractivity contribution in [2.24, 2.45) is 4.99 Å². The third kappa shape index (κ3) is 4.04. The van der Waals surface area contributed by atoms with Crippen molar-refractivity contribution >= 4 is 5.96 Å². The number of nitrogens with zero attached hydrogens (tertiary/aromatic N) is 4. The fourth-order valence-electron chi connectivity index (χ4n) is 2.84. The van der Waals surface area contributed by atoms with Crippen LogP contribution in [-0.4, -0.2) is 38.4 Å². The number of hydrogen-bond acceptors (Lipinski definition) is 4. The molecule has 0 saturated carbocycles. The van der Waals surface area contributed by atoms with Crippen LogP contribution in [0.3, 0.4) is 0 Å². The van der Waals surface area contributed by atoms with E-state index in [2.05, 4.69) is 32.6 Å². The molecule has 1 aromatic carbocycles. The van der Waals surface area contributed by atoms with Gasteiger partial charge in [-0.3, -0.25) is 0 Å². The SMILES string of the molecule is CCNC(=NCc1ccc(O)cc1)NC1CCc2nc(C)nn2C1. The zero-order chi connectivity index (χ0) is 16.9. The Morgan fingerprint density at radius 2 is 2.17 bits per heavy atom. The summed E-state index contributed by atoms with van der Waals surface area (Å²) < 4.78 is 1.99. The Hall–Kier alpha value is -2.57. The van der Waals surface area contributed by atoms with Gasteiger partial charge >= 0.3 is 0 Å². The predicted molar refractivity (Wildman–Crippen MR) is 92.9 cm³/mol. The van der Waals surface area contributed by atoms with Crippen molar-refractivity contribution in [1.82, 2.24) is 25.4 Å². The Bertz CT molecular complexity index is 706. The Kier molecular flexibility index (Phi) is 4.98. The van der Waals surface area contributed by atoms with E-state index in [-0.39, 0.29) is 11.8 Å². The molecule has 0 radical (unpaired) electrons. The van der Waals surface area contributed by atoms with E-state index in [0.29, 0.717) is 6.54 Å². The number of aromatic nitrogens is 3. The Morgan fingerprint density at radius 1 is 1.38 bits per heavy atom. The van der Waals surface area contributed by atoms with Gasteiger partial charge in [-0.25, -0.2) is 14.7 Å². The molecular weight excluding hydrogens is 304 g/mol. The molecule has 0 spiro atoms. The van der Waals surface area contributed by atoms with Crippen molar-refractivity contribution in [2.45, 2.75) is 45.8 Å². The molecule has 1 aromatic heterocycles. The molecule has 1 aliphatic rings. The molecular formula is C17H24N6O. The first-order valence-corrected chi connectivity index (χ1v) is 8.37.